The number of hydrogen-bond donors (Lipinski definition) is 1. The first-order chi connectivity index (χ1) is 10.9. The zero-order valence-corrected chi connectivity index (χ0v) is 12.8. The van der Waals surface area contributed by atoms with Gasteiger partial charge in [-0.2, -0.15) is 5.10 Å². The number of nitrogen functional groups attached to an aromatic ring is 1. The fraction of sp³-hybridized carbons (Fsp3) is 0.267. The molecule has 0 radical (unpaired) electrons. The van der Waals surface area contributed by atoms with Crippen LogP contribution in [-0.2, 0) is 13.1 Å². The van der Waals surface area contributed by atoms with Crippen LogP contribution >= 0.6 is 0 Å². The first-order valence-corrected chi connectivity index (χ1v) is 7.10. The van der Waals surface area contributed by atoms with Crippen molar-refractivity contribution in [1.29, 1.82) is 0 Å². The molecule has 0 spiro atoms. The number of halogens is 2. The summed E-state index contributed by atoms with van der Waals surface area (Å²) < 4.78 is 30.5. The molecule has 0 bridgehead atoms. The second-order valence-electron chi connectivity index (χ2n) is 5.37. The fourth-order valence-corrected chi connectivity index (χ4v) is 2.37. The summed E-state index contributed by atoms with van der Waals surface area (Å²) in [5, 5.41) is 12.3. The first kappa shape index (κ1) is 15.1. The normalized spacial score (nSPS) is 11.1. The van der Waals surface area contributed by atoms with Gasteiger partial charge in [-0.25, -0.2) is 8.78 Å². The number of hydrogen-bond acceptors (Lipinski definition) is 4. The van der Waals surface area contributed by atoms with Gasteiger partial charge in [0.25, 0.3) is 0 Å². The molecule has 3 rings (SSSR count). The van der Waals surface area contributed by atoms with Gasteiger partial charge in [-0.1, -0.05) is 5.21 Å². The van der Waals surface area contributed by atoms with Gasteiger partial charge in [-0.15, -0.1) is 5.10 Å². The third-order valence-electron chi connectivity index (χ3n) is 3.56. The zero-order valence-electron chi connectivity index (χ0n) is 12.8. The van der Waals surface area contributed by atoms with E-state index in [0.29, 0.717) is 24.3 Å². The molecule has 2 heterocycles. The molecule has 0 saturated heterocycles. The second-order valence-corrected chi connectivity index (χ2v) is 5.37. The standard InChI is InChI=1S/C15H16F2N6/c1-9-5-10(2)23(20-9)4-3-22-8-14(19-21-22)11-6-12(16)15(18)13(17)7-11/h5-8H,3-4,18H2,1-2H3. The van der Waals surface area contributed by atoms with Crippen molar-refractivity contribution in [3.8, 4) is 11.3 Å². The van der Waals surface area contributed by atoms with Gasteiger partial charge in [-0.3, -0.25) is 9.36 Å². The lowest BCUT2D eigenvalue weighted by Gasteiger charge is -2.04. The summed E-state index contributed by atoms with van der Waals surface area (Å²) in [7, 11) is 0. The molecule has 3 aromatic rings. The number of aryl methyl sites for hydroxylation is 4. The smallest absolute Gasteiger partial charge is 0.149 e. The average molecular weight is 318 g/mol. The van der Waals surface area contributed by atoms with Gasteiger partial charge in [0.05, 0.1) is 25.0 Å². The van der Waals surface area contributed by atoms with Crippen LogP contribution in [0.5, 0.6) is 0 Å². The Morgan fingerprint density at radius 2 is 1.78 bits per heavy atom. The van der Waals surface area contributed by atoms with Crippen molar-refractivity contribution in [2.45, 2.75) is 26.9 Å². The van der Waals surface area contributed by atoms with Crippen molar-refractivity contribution in [3.63, 3.8) is 0 Å². The zero-order chi connectivity index (χ0) is 16.6. The third-order valence-corrected chi connectivity index (χ3v) is 3.56. The molecule has 0 aliphatic carbocycles. The number of nitrogens with two attached hydrogens (primary N) is 1. The molecule has 120 valence electrons. The summed E-state index contributed by atoms with van der Waals surface area (Å²) in [5.41, 5.74) is 7.46. The van der Waals surface area contributed by atoms with E-state index in [1.807, 2.05) is 24.6 Å². The lowest BCUT2D eigenvalue weighted by Crippen LogP contribution is -2.10. The Hall–Kier alpha value is -2.77. The Morgan fingerprint density at radius 3 is 2.39 bits per heavy atom. The largest absolute Gasteiger partial charge is 0.394 e. The highest BCUT2D eigenvalue weighted by atomic mass is 19.1. The minimum atomic E-state index is -0.808. The highest BCUT2D eigenvalue weighted by Gasteiger charge is 2.12. The van der Waals surface area contributed by atoms with E-state index in [-0.39, 0.29) is 0 Å². The van der Waals surface area contributed by atoms with E-state index in [1.165, 1.54) is 0 Å². The predicted octanol–water partition coefficient (Wildman–Crippen LogP) is 2.32. The van der Waals surface area contributed by atoms with E-state index in [9.17, 15) is 8.78 Å². The van der Waals surface area contributed by atoms with E-state index in [4.69, 9.17) is 5.73 Å². The number of rotatable bonds is 4. The molecule has 0 fully saturated rings. The van der Waals surface area contributed by atoms with E-state index in [2.05, 4.69) is 15.4 Å². The Labute approximate surface area is 131 Å². The number of aromatic nitrogens is 5. The van der Waals surface area contributed by atoms with Gasteiger partial charge >= 0.3 is 0 Å². The number of benzene rings is 1. The lowest BCUT2D eigenvalue weighted by molar-refractivity contribution is 0.481. The predicted molar refractivity (Wildman–Crippen MR) is 81.5 cm³/mol. The molecule has 23 heavy (non-hydrogen) atoms. The molecule has 0 saturated carbocycles. The van der Waals surface area contributed by atoms with Gasteiger partial charge in [0.2, 0.25) is 0 Å². The van der Waals surface area contributed by atoms with Crippen LogP contribution in [0.1, 0.15) is 11.4 Å². The summed E-state index contributed by atoms with van der Waals surface area (Å²) in [6.45, 7) is 5.09. The van der Waals surface area contributed by atoms with Crippen LogP contribution in [0.3, 0.4) is 0 Å². The van der Waals surface area contributed by atoms with E-state index in [0.717, 1.165) is 23.5 Å². The van der Waals surface area contributed by atoms with Crippen LogP contribution in [0.4, 0.5) is 14.5 Å². The molecular formula is C15H16F2N6. The maximum atomic E-state index is 13.5. The van der Waals surface area contributed by atoms with Gasteiger partial charge in [0, 0.05) is 11.3 Å². The van der Waals surface area contributed by atoms with Crippen LogP contribution in [0, 0.1) is 25.5 Å². The van der Waals surface area contributed by atoms with Crippen LogP contribution < -0.4 is 5.73 Å². The molecule has 0 unspecified atom stereocenters. The summed E-state index contributed by atoms with van der Waals surface area (Å²) in [6.07, 6.45) is 1.64. The third kappa shape index (κ3) is 3.05. The lowest BCUT2D eigenvalue weighted by atomic mass is 10.1. The number of anilines is 1. The Balaban J connectivity index is 1.77. The Bertz CT molecular complexity index is 829. The Kier molecular flexibility index (Phi) is 3.81. The fourth-order valence-electron chi connectivity index (χ4n) is 2.37. The van der Waals surface area contributed by atoms with Crippen LogP contribution in [0.15, 0.2) is 24.4 Å². The monoisotopic (exact) mass is 318 g/mol. The molecule has 8 heteroatoms. The van der Waals surface area contributed by atoms with Crippen molar-refractivity contribution in [2.24, 2.45) is 0 Å². The maximum Gasteiger partial charge on any atom is 0.149 e. The van der Waals surface area contributed by atoms with Crippen LogP contribution in [0.2, 0.25) is 0 Å². The van der Waals surface area contributed by atoms with Crippen molar-refractivity contribution in [3.05, 3.63) is 47.4 Å². The van der Waals surface area contributed by atoms with Crippen molar-refractivity contribution < 1.29 is 8.78 Å². The number of nitrogens with zero attached hydrogens (tertiary/aromatic N) is 5. The second kappa shape index (κ2) is 5.79. The molecule has 0 amide bonds. The quantitative estimate of drug-likeness (QED) is 0.749. The average Bonchev–Trinajstić information content (AvgIpc) is 3.08. The first-order valence-electron chi connectivity index (χ1n) is 7.10. The molecular weight excluding hydrogens is 302 g/mol. The molecule has 2 N–H and O–H groups in total. The van der Waals surface area contributed by atoms with Gasteiger partial charge in [-0.05, 0) is 32.0 Å². The molecule has 6 nitrogen and oxygen atoms in total. The van der Waals surface area contributed by atoms with Gasteiger partial charge < -0.3 is 5.73 Å². The minimum Gasteiger partial charge on any atom is -0.394 e. The minimum absolute atomic E-state index is 0.298. The SMILES string of the molecule is Cc1cc(C)n(CCn2cc(-c3cc(F)c(N)c(F)c3)nn2)n1. The van der Waals surface area contributed by atoms with Gasteiger partial charge in [0.1, 0.15) is 23.0 Å². The van der Waals surface area contributed by atoms with E-state index in [1.54, 1.807) is 10.9 Å². The van der Waals surface area contributed by atoms with E-state index >= 15 is 0 Å². The highest BCUT2D eigenvalue weighted by molar-refractivity contribution is 5.61. The van der Waals surface area contributed by atoms with Gasteiger partial charge in [0.15, 0.2) is 0 Å². The molecule has 0 aliphatic heterocycles. The summed E-state index contributed by atoms with van der Waals surface area (Å²) in [6, 6.07) is 4.29. The summed E-state index contributed by atoms with van der Waals surface area (Å²) in [5.74, 6) is -1.62. The van der Waals surface area contributed by atoms with Crippen LogP contribution in [-0.4, -0.2) is 24.8 Å². The van der Waals surface area contributed by atoms with Crippen molar-refractivity contribution in [2.75, 3.05) is 5.73 Å². The molecule has 0 aliphatic rings. The maximum absolute atomic E-state index is 13.5. The molecule has 0 atom stereocenters. The summed E-state index contributed by atoms with van der Waals surface area (Å²) >= 11 is 0. The van der Waals surface area contributed by atoms with Crippen molar-refractivity contribution >= 4 is 5.69 Å². The molecule has 2 aromatic heterocycles. The topological polar surface area (TPSA) is 74.5 Å². The Morgan fingerprint density at radius 1 is 1.09 bits per heavy atom. The molecule has 1 aromatic carbocycles. The highest BCUT2D eigenvalue weighted by Crippen LogP contribution is 2.23. The van der Waals surface area contributed by atoms with E-state index < -0.39 is 17.3 Å². The van der Waals surface area contributed by atoms with Crippen LogP contribution in [0.25, 0.3) is 11.3 Å². The summed E-state index contributed by atoms with van der Waals surface area (Å²) in [4.78, 5) is 0. The van der Waals surface area contributed by atoms with Crippen molar-refractivity contribution in [1.82, 2.24) is 24.8 Å².